The summed E-state index contributed by atoms with van der Waals surface area (Å²) in [5, 5.41) is 8.72. The summed E-state index contributed by atoms with van der Waals surface area (Å²) in [7, 11) is 0. The number of aromatic nitrogens is 4. The maximum atomic E-state index is 12.5. The van der Waals surface area contributed by atoms with E-state index >= 15 is 0 Å². The van der Waals surface area contributed by atoms with Crippen molar-refractivity contribution in [3.63, 3.8) is 0 Å². The number of nitrogens with zero attached hydrogens (tertiary/aromatic N) is 5. The molecule has 1 aromatic carbocycles. The predicted molar refractivity (Wildman–Crippen MR) is 105 cm³/mol. The van der Waals surface area contributed by atoms with Crippen LogP contribution in [0.1, 0.15) is 29.5 Å². The SMILES string of the molecule is Nc1nnc(CC(=O)N2CCC(c3nccnc3Oc3ccccc3)CC2)s1. The molecule has 0 unspecified atom stereocenters. The molecule has 1 aliphatic rings. The zero-order valence-corrected chi connectivity index (χ0v) is 16.0. The maximum Gasteiger partial charge on any atom is 0.241 e. The van der Waals surface area contributed by atoms with Gasteiger partial charge >= 0.3 is 0 Å². The highest BCUT2D eigenvalue weighted by Crippen LogP contribution is 2.33. The molecule has 2 N–H and O–H groups in total. The number of nitrogens with two attached hydrogens (primary N) is 1. The van der Waals surface area contributed by atoms with Gasteiger partial charge in [0.15, 0.2) is 0 Å². The van der Waals surface area contributed by atoms with Crippen molar-refractivity contribution in [2.24, 2.45) is 0 Å². The fourth-order valence-corrected chi connectivity index (χ4v) is 3.88. The molecule has 0 radical (unpaired) electrons. The number of anilines is 1. The summed E-state index contributed by atoms with van der Waals surface area (Å²) in [4.78, 5) is 23.3. The van der Waals surface area contributed by atoms with Crippen molar-refractivity contribution in [1.29, 1.82) is 0 Å². The molecule has 8 nitrogen and oxygen atoms in total. The molecular weight excluding hydrogens is 376 g/mol. The lowest BCUT2D eigenvalue weighted by Crippen LogP contribution is -2.39. The summed E-state index contributed by atoms with van der Waals surface area (Å²) in [6, 6.07) is 9.55. The summed E-state index contributed by atoms with van der Waals surface area (Å²) in [6.07, 6.45) is 5.19. The van der Waals surface area contributed by atoms with E-state index in [0.717, 1.165) is 24.3 Å². The summed E-state index contributed by atoms with van der Waals surface area (Å²) in [5.41, 5.74) is 6.42. The highest BCUT2D eigenvalue weighted by Gasteiger charge is 2.27. The minimum absolute atomic E-state index is 0.0505. The summed E-state index contributed by atoms with van der Waals surface area (Å²) in [5.74, 6) is 1.51. The van der Waals surface area contributed by atoms with Crippen LogP contribution in [0.4, 0.5) is 5.13 Å². The van der Waals surface area contributed by atoms with Gasteiger partial charge in [-0.25, -0.2) is 4.98 Å². The molecule has 0 aliphatic carbocycles. The third kappa shape index (κ3) is 4.25. The Morgan fingerprint density at radius 1 is 1.14 bits per heavy atom. The van der Waals surface area contributed by atoms with E-state index in [1.54, 1.807) is 12.4 Å². The van der Waals surface area contributed by atoms with E-state index in [1.165, 1.54) is 11.3 Å². The third-order valence-electron chi connectivity index (χ3n) is 4.67. The van der Waals surface area contributed by atoms with Gasteiger partial charge in [-0.05, 0) is 25.0 Å². The first-order chi connectivity index (χ1) is 13.7. The molecule has 28 heavy (non-hydrogen) atoms. The smallest absolute Gasteiger partial charge is 0.241 e. The zero-order chi connectivity index (χ0) is 19.3. The van der Waals surface area contributed by atoms with Crippen LogP contribution >= 0.6 is 11.3 Å². The van der Waals surface area contributed by atoms with Crippen LogP contribution in [0.2, 0.25) is 0 Å². The van der Waals surface area contributed by atoms with Crippen LogP contribution in [0.25, 0.3) is 0 Å². The van der Waals surface area contributed by atoms with Gasteiger partial charge in [0.05, 0.1) is 6.42 Å². The Morgan fingerprint density at radius 2 is 1.89 bits per heavy atom. The maximum absolute atomic E-state index is 12.5. The molecule has 1 aliphatic heterocycles. The van der Waals surface area contributed by atoms with Crippen LogP contribution in [-0.2, 0) is 11.2 Å². The number of hydrogen-bond acceptors (Lipinski definition) is 8. The average Bonchev–Trinajstić information content (AvgIpc) is 3.14. The number of ether oxygens (including phenoxy) is 1. The fourth-order valence-electron chi connectivity index (χ4n) is 3.28. The van der Waals surface area contributed by atoms with Gasteiger partial charge in [0, 0.05) is 31.4 Å². The first kappa shape index (κ1) is 18.3. The number of benzene rings is 1. The Balaban J connectivity index is 1.39. The highest BCUT2D eigenvalue weighted by atomic mass is 32.1. The molecule has 3 aromatic rings. The van der Waals surface area contributed by atoms with E-state index in [2.05, 4.69) is 20.2 Å². The number of nitrogen functional groups attached to an aromatic ring is 1. The topological polar surface area (TPSA) is 107 Å². The normalized spacial score (nSPS) is 14.8. The second-order valence-electron chi connectivity index (χ2n) is 6.53. The van der Waals surface area contributed by atoms with Gasteiger partial charge in [-0.15, -0.1) is 10.2 Å². The number of carbonyl (C=O) groups is 1. The molecule has 0 atom stereocenters. The fraction of sp³-hybridized carbons (Fsp3) is 0.316. The lowest BCUT2D eigenvalue weighted by Gasteiger charge is -2.31. The van der Waals surface area contributed by atoms with Crippen LogP contribution in [0.15, 0.2) is 42.7 Å². The second kappa shape index (κ2) is 8.30. The Morgan fingerprint density at radius 3 is 2.61 bits per heavy atom. The number of rotatable bonds is 5. The zero-order valence-electron chi connectivity index (χ0n) is 15.2. The molecule has 0 saturated carbocycles. The monoisotopic (exact) mass is 396 g/mol. The van der Waals surface area contributed by atoms with Gasteiger partial charge in [-0.1, -0.05) is 29.5 Å². The van der Waals surface area contributed by atoms with E-state index in [0.29, 0.717) is 29.1 Å². The minimum Gasteiger partial charge on any atom is -0.437 e. The quantitative estimate of drug-likeness (QED) is 0.706. The van der Waals surface area contributed by atoms with Crippen molar-refractivity contribution in [3.8, 4) is 11.6 Å². The largest absolute Gasteiger partial charge is 0.437 e. The first-order valence-corrected chi connectivity index (χ1v) is 9.90. The van der Waals surface area contributed by atoms with E-state index in [4.69, 9.17) is 10.5 Å². The molecule has 4 rings (SSSR count). The molecule has 1 saturated heterocycles. The van der Waals surface area contributed by atoms with Gasteiger partial charge in [0.2, 0.25) is 16.9 Å². The molecule has 2 aromatic heterocycles. The highest BCUT2D eigenvalue weighted by molar-refractivity contribution is 7.15. The van der Waals surface area contributed by atoms with E-state index < -0.39 is 0 Å². The van der Waals surface area contributed by atoms with Crippen molar-refractivity contribution in [2.75, 3.05) is 18.8 Å². The van der Waals surface area contributed by atoms with Crippen LogP contribution < -0.4 is 10.5 Å². The number of para-hydroxylation sites is 1. The van der Waals surface area contributed by atoms with Gasteiger partial charge < -0.3 is 15.4 Å². The van der Waals surface area contributed by atoms with E-state index in [9.17, 15) is 4.79 Å². The molecule has 144 valence electrons. The lowest BCUT2D eigenvalue weighted by atomic mass is 9.93. The van der Waals surface area contributed by atoms with Crippen LogP contribution in [0.5, 0.6) is 11.6 Å². The Bertz CT molecular complexity index is 940. The Kier molecular flexibility index (Phi) is 5.43. The molecule has 1 amide bonds. The molecule has 9 heteroatoms. The molecule has 0 spiro atoms. The summed E-state index contributed by atoms with van der Waals surface area (Å²) < 4.78 is 5.94. The Labute approximate surface area is 166 Å². The molecular formula is C19H20N6O2S. The van der Waals surface area contributed by atoms with Gasteiger partial charge in [0.1, 0.15) is 16.5 Å². The van der Waals surface area contributed by atoms with Crippen molar-refractivity contribution >= 4 is 22.4 Å². The molecule has 1 fully saturated rings. The molecule has 0 bridgehead atoms. The number of carbonyl (C=O) groups excluding carboxylic acids is 1. The van der Waals surface area contributed by atoms with Gasteiger partial charge in [-0.3, -0.25) is 9.78 Å². The standard InChI is InChI=1S/C19H20N6O2S/c20-19-24-23-15(28-19)12-16(26)25-10-6-13(7-11-25)17-18(22-9-8-21-17)27-14-4-2-1-3-5-14/h1-5,8-9,13H,6-7,10-12H2,(H2,20,24). The molecule has 3 heterocycles. The average molecular weight is 396 g/mol. The Hall–Kier alpha value is -3.07. The van der Waals surface area contributed by atoms with E-state index in [-0.39, 0.29) is 18.2 Å². The number of amides is 1. The van der Waals surface area contributed by atoms with Crippen LogP contribution in [-0.4, -0.2) is 44.1 Å². The number of hydrogen-bond donors (Lipinski definition) is 1. The number of piperidine rings is 1. The minimum atomic E-state index is 0.0505. The van der Waals surface area contributed by atoms with Crippen LogP contribution in [0.3, 0.4) is 0 Å². The third-order valence-corrected chi connectivity index (χ3v) is 5.42. The second-order valence-corrected chi connectivity index (χ2v) is 7.62. The summed E-state index contributed by atoms with van der Waals surface area (Å²) in [6.45, 7) is 1.33. The number of likely N-dealkylation sites (tertiary alicyclic amines) is 1. The van der Waals surface area contributed by atoms with E-state index in [1.807, 2.05) is 35.2 Å². The van der Waals surface area contributed by atoms with Gasteiger partial charge in [-0.2, -0.15) is 0 Å². The lowest BCUT2D eigenvalue weighted by molar-refractivity contribution is -0.131. The van der Waals surface area contributed by atoms with Crippen molar-refractivity contribution in [1.82, 2.24) is 25.1 Å². The van der Waals surface area contributed by atoms with Gasteiger partial charge in [0.25, 0.3) is 0 Å². The van der Waals surface area contributed by atoms with Crippen molar-refractivity contribution in [3.05, 3.63) is 53.4 Å². The van der Waals surface area contributed by atoms with Crippen molar-refractivity contribution in [2.45, 2.75) is 25.2 Å². The summed E-state index contributed by atoms with van der Waals surface area (Å²) >= 11 is 1.25. The van der Waals surface area contributed by atoms with Crippen LogP contribution in [0, 0.1) is 0 Å². The van der Waals surface area contributed by atoms with Crippen molar-refractivity contribution < 1.29 is 9.53 Å². The first-order valence-electron chi connectivity index (χ1n) is 9.08. The predicted octanol–water partition coefficient (Wildman–Crippen LogP) is 2.65.